The summed E-state index contributed by atoms with van der Waals surface area (Å²) in [6, 6.07) is 10.1. The molecule has 0 saturated heterocycles. The van der Waals surface area contributed by atoms with E-state index in [9.17, 15) is 9.00 Å². The van der Waals surface area contributed by atoms with Crippen molar-refractivity contribution < 1.29 is 4.21 Å². The van der Waals surface area contributed by atoms with Crippen LogP contribution in [-0.4, -0.2) is 24.2 Å². The molecule has 1 atom stereocenters. The van der Waals surface area contributed by atoms with Crippen molar-refractivity contribution in [3.05, 3.63) is 70.1 Å². The van der Waals surface area contributed by atoms with Crippen LogP contribution in [0.2, 0.25) is 0 Å². The Kier molecular flexibility index (Phi) is 4.84. The summed E-state index contributed by atoms with van der Waals surface area (Å²) >= 11 is 0. The number of hydrogen-bond donors (Lipinski definition) is 2. The van der Waals surface area contributed by atoms with Gasteiger partial charge in [-0.3, -0.25) is 9.89 Å². The second-order valence-electron chi connectivity index (χ2n) is 7.27. The van der Waals surface area contributed by atoms with Gasteiger partial charge in [-0.25, -0.2) is 23.5 Å². The monoisotopic (exact) mass is 407 g/mol. The van der Waals surface area contributed by atoms with E-state index in [-0.39, 0.29) is 10.8 Å². The highest BCUT2D eigenvalue weighted by atomic mass is 32.2. The Bertz CT molecular complexity index is 1240. The fraction of sp³-hybridized carbons (Fsp3) is 0.286. The number of aromatic amines is 1. The SMILES string of the molecule is [C-]#[N+]c1ccc(-c2c(C)[nH]n(-c3ccc(S(=N)(=O)C4CCCC4)cn3)c2=O)cc1. The first-order chi connectivity index (χ1) is 13.9. The molecule has 1 aromatic carbocycles. The molecule has 3 aromatic rings. The summed E-state index contributed by atoms with van der Waals surface area (Å²) in [4.78, 5) is 21.1. The molecule has 8 heteroatoms. The van der Waals surface area contributed by atoms with Crippen molar-refractivity contribution in [1.82, 2.24) is 14.8 Å². The molecule has 1 saturated carbocycles. The minimum absolute atomic E-state index is 0.115. The van der Waals surface area contributed by atoms with Gasteiger partial charge in [0.2, 0.25) is 0 Å². The van der Waals surface area contributed by atoms with Crippen LogP contribution in [0.3, 0.4) is 0 Å². The molecule has 1 unspecified atom stereocenters. The van der Waals surface area contributed by atoms with Crippen molar-refractivity contribution in [2.75, 3.05) is 0 Å². The standard InChI is InChI=1S/C21H21N5O2S/c1-14-20(15-7-9-16(23-2)10-8-15)21(27)26(25-14)19-12-11-18(13-24-19)29(22,28)17-5-3-4-6-17/h7-13,17,22,25H,3-6H2,1H3. The summed E-state index contributed by atoms with van der Waals surface area (Å²) in [7, 11) is -2.88. The van der Waals surface area contributed by atoms with Crippen molar-refractivity contribution >= 4 is 15.4 Å². The lowest BCUT2D eigenvalue weighted by molar-refractivity contribution is 0.658. The maximum atomic E-state index is 13.0. The first kappa shape index (κ1) is 19.2. The van der Waals surface area contributed by atoms with Crippen LogP contribution in [-0.2, 0) is 9.73 Å². The van der Waals surface area contributed by atoms with Gasteiger partial charge in [-0.05, 0) is 37.5 Å². The Morgan fingerprint density at radius 1 is 1.21 bits per heavy atom. The lowest BCUT2D eigenvalue weighted by Gasteiger charge is -2.14. The van der Waals surface area contributed by atoms with Gasteiger partial charge in [-0.15, -0.1) is 0 Å². The summed E-state index contributed by atoms with van der Waals surface area (Å²) < 4.78 is 22.6. The fourth-order valence-corrected chi connectivity index (χ4v) is 5.71. The molecule has 0 amide bonds. The van der Waals surface area contributed by atoms with E-state index in [0.29, 0.717) is 27.7 Å². The number of rotatable bonds is 4. The number of aromatic nitrogens is 3. The molecule has 7 nitrogen and oxygen atoms in total. The van der Waals surface area contributed by atoms with E-state index in [1.165, 1.54) is 10.9 Å². The number of hydrogen-bond acceptors (Lipinski definition) is 4. The number of nitrogens with zero attached hydrogens (tertiary/aromatic N) is 3. The Labute approximate surface area is 169 Å². The molecule has 1 aliphatic carbocycles. The molecule has 2 aromatic heterocycles. The third kappa shape index (κ3) is 3.38. The average Bonchev–Trinajstić information content (AvgIpc) is 3.37. The van der Waals surface area contributed by atoms with Gasteiger partial charge in [-0.2, -0.15) is 0 Å². The molecule has 0 radical (unpaired) electrons. The average molecular weight is 407 g/mol. The summed E-state index contributed by atoms with van der Waals surface area (Å²) in [6.07, 6.45) is 5.12. The molecular weight excluding hydrogens is 386 g/mol. The lowest BCUT2D eigenvalue weighted by Crippen LogP contribution is -2.19. The molecule has 0 aliphatic heterocycles. The Hall–Kier alpha value is -3.18. The van der Waals surface area contributed by atoms with Gasteiger partial charge in [0.1, 0.15) is 0 Å². The van der Waals surface area contributed by atoms with E-state index in [2.05, 4.69) is 14.9 Å². The molecule has 2 heterocycles. The van der Waals surface area contributed by atoms with Gasteiger partial charge in [0.15, 0.2) is 11.5 Å². The van der Waals surface area contributed by atoms with Crippen molar-refractivity contribution in [2.24, 2.45) is 0 Å². The van der Waals surface area contributed by atoms with Crippen LogP contribution in [0.5, 0.6) is 0 Å². The predicted molar refractivity (Wildman–Crippen MR) is 112 cm³/mol. The van der Waals surface area contributed by atoms with Gasteiger partial charge in [0, 0.05) is 17.1 Å². The van der Waals surface area contributed by atoms with Crippen molar-refractivity contribution in [3.63, 3.8) is 0 Å². The smallest absolute Gasteiger partial charge is 0.280 e. The van der Waals surface area contributed by atoms with Crippen LogP contribution in [0.25, 0.3) is 21.8 Å². The fourth-order valence-electron chi connectivity index (χ4n) is 3.85. The first-order valence-corrected chi connectivity index (χ1v) is 11.1. The molecule has 148 valence electrons. The predicted octanol–water partition coefficient (Wildman–Crippen LogP) is 4.44. The highest BCUT2D eigenvalue weighted by Crippen LogP contribution is 2.30. The summed E-state index contributed by atoms with van der Waals surface area (Å²) in [5.41, 5.74) is 2.19. The van der Waals surface area contributed by atoms with E-state index < -0.39 is 9.73 Å². The topological polar surface area (TPSA) is 96.0 Å². The highest BCUT2D eigenvalue weighted by molar-refractivity contribution is 7.93. The van der Waals surface area contributed by atoms with Crippen LogP contribution in [0.15, 0.2) is 52.3 Å². The number of aryl methyl sites for hydroxylation is 1. The third-order valence-electron chi connectivity index (χ3n) is 5.43. The molecule has 1 fully saturated rings. The summed E-state index contributed by atoms with van der Waals surface area (Å²) in [6.45, 7) is 8.85. The third-order valence-corrected chi connectivity index (χ3v) is 7.78. The Morgan fingerprint density at radius 2 is 1.90 bits per heavy atom. The first-order valence-electron chi connectivity index (χ1n) is 9.45. The minimum Gasteiger partial charge on any atom is -0.293 e. The zero-order valence-corrected chi connectivity index (χ0v) is 16.8. The second-order valence-corrected chi connectivity index (χ2v) is 9.61. The van der Waals surface area contributed by atoms with E-state index in [0.717, 1.165) is 31.2 Å². The number of pyridine rings is 1. The molecule has 0 bridgehead atoms. The number of H-pyrrole nitrogens is 1. The molecule has 4 rings (SSSR count). The van der Waals surface area contributed by atoms with Crippen molar-refractivity contribution in [1.29, 1.82) is 4.78 Å². The van der Waals surface area contributed by atoms with Crippen molar-refractivity contribution in [2.45, 2.75) is 42.8 Å². The van der Waals surface area contributed by atoms with Gasteiger partial charge >= 0.3 is 0 Å². The minimum atomic E-state index is -2.88. The Balaban J connectivity index is 1.69. The zero-order chi connectivity index (χ0) is 20.6. The number of benzene rings is 1. The van der Waals surface area contributed by atoms with E-state index >= 15 is 0 Å². The van der Waals surface area contributed by atoms with Gasteiger partial charge in [-0.1, -0.05) is 37.1 Å². The second kappa shape index (κ2) is 7.33. The maximum absolute atomic E-state index is 13.0. The molecule has 2 N–H and O–H groups in total. The Morgan fingerprint density at radius 3 is 2.48 bits per heavy atom. The summed E-state index contributed by atoms with van der Waals surface area (Å²) in [5, 5.41) is 2.92. The van der Waals surface area contributed by atoms with Crippen LogP contribution < -0.4 is 5.56 Å². The van der Waals surface area contributed by atoms with E-state index in [1.54, 1.807) is 43.3 Å². The van der Waals surface area contributed by atoms with Crippen LogP contribution in [0.4, 0.5) is 5.69 Å². The zero-order valence-electron chi connectivity index (χ0n) is 16.0. The summed E-state index contributed by atoms with van der Waals surface area (Å²) in [5.74, 6) is 0.382. The normalized spacial score (nSPS) is 16.4. The quantitative estimate of drug-likeness (QED) is 0.626. The molecule has 29 heavy (non-hydrogen) atoms. The molecular formula is C21H21N5O2S. The van der Waals surface area contributed by atoms with Gasteiger partial charge in [0.05, 0.1) is 26.8 Å². The van der Waals surface area contributed by atoms with Crippen LogP contribution in [0, 0.1) is 18.3 Å². The molecule has 1 aliphatic rings. The van der Waals surface area contributed by atoms with Gasteiger partial charge in [0.25, 0.3) is 5.56 Å². The lowest BCUT2D eigenvalue weighted by atomic mass is 10.1. The largest absolute Gasteiger partial charge is 0.293 e. The maximum Gasteiger partial charge on any atom is 0.280 e. The van der Waals surface area contributed by atoms with Gasteiger partial charge < -0.3 is 0 Å². The van der Waals surface area contributed by atoms with Crippen LogP contribution in [0.1, 0.15) is 31.4 Å². The van der Waals surface area contributed by atoms with E-state index in [4.69, 9.17) is 11.4 Å². The van der Waals surface area contributed by atoms with Crippen LogP contribution >= 0.6 is 0 Å². The molecule has 0 spiro atoms. The number of nitrogens with one attached hydrogen (secondary N) is 2. The highest BCUT2D eigenvalue weighted by Gasteiger charge is 2.27. The van der Waals surface area contributed by atoms with Crippen molar-refractivity contribution in [3.8, 4) is 16.9 Å². The van der Waals surface area contributed by atoms with E-state index in [1.807, 2.05) is 0 Å².